The number of para-hydroxylation sites is 2. The molecule has 0 aliphatic carbocycles. The summed E-state index contributed by atoms with van der Waals surface area (Å²) in [5.41, 5.74) is 7.41. The van der Waals surface area contributed by atoms with Crippen LogP contribution in [0.3, 0.4) is 0 Å². The van der Waals surface area contributed by atoms with Crippen molar-refractivity contribution in [3.63, 3.8) is 0 Å². The van der Waals surface area contributed by atoms with E-state index in [4.69, 9.17) is 10.5 Å². The lowest BCUT2D eigenvalue weighted by Crippen LogP contribution is -2.54. The fourth-order valence-electron chi connectivity index (χ4n) is 3.27. The number of hydrogen-bond donors (Lipinski definition) is 2. The Morgan fingerprint density at radius 2 is 2.08 bits per heavy atom. The number of benzene rings is 1. The molecule has 1 saturated heterocycles. The van der Waals surface area contributed by atoms with Crippen LogP contribution < -0.4 is 15.8 Å². The number of piperidine rings is 1. The second kappa shape index (κ2) is 7.33. The molecule has 2 aromatic rings. The highest BCUT2D eigenvalue weighted by Crippen LogP contribution is 2.31. The van der Waals surface area contributed by atoms with E-state index in [1.54, 1.807) is 25.4 Å². The SMILES string of the molecule is COc1ccccc1Nc1ncccc1C(=O)N1CCC(N)C(C)(C)C1. The van der Waals surface area contributed by atoms with E-state index in [0.717, 1.165) is 12.1 Å². The number of carbonyl (C=O) groups excluding carboxylic acids is 1. The summed E-state index contributed by atoms with van der Waals surface area (Å²) in [6.45, 7) is 5.51. The number of pyridine rings is 1. The lowest BCUT2D eigenvalue weighted by Gasteiger charge is -2.42. The van der Waals surface area contributed by atoms with Crippen LogP contribution in [0.25, 0.3) is 0 Å². The van der Waals surface area contributed by atoms with Crippen molar-refractivity contribution < 1.29 is 9.53 Å². The van der Waals surface area contributed by atoms with Crippen LogP contribution in [0.15, 0.2) is 42.6 Å². The highest BCUT2D eigenvalue weighted by Gasteiger charge is 2.36. The molecule has 1 unspecified atom stereocenters. The molecule has 6 nitrogen and oxygen atoms in total. The second-order valence-electron chi connectivity index (χ2n) is 7.34. The van der Waals surface area contributed by atoms with Crippen LogP contribution in [0.1, 0.15) is 30.6 Å². The predicted octanol–water partition coefficient (Wildman–Crippen LogP) is 3.03. The predicted molar refractivity (Wildman–Crippen MR) is 103 cm³/mol. The maximum Gasteiger partial charge on any atom is 0.257 e. The van der Waals surface area contributed by atoms with Crippen molar-refractivity contribution in [3.05, 3.63) is 48.2 Å². The van der Waals surface area contributed by atoms with Crippen molar-refractivity contribution >= 4 is 17.4 Å². The Labute approximate surface area is 154 Å². The van der Waals surface area contributed by atoms with Crippen LogP contribution in [0.4, 0.5) is 11.5 Å². The molecule has 1 aromatic carbocycles. The molecule has 1 aliphatic rings. The molecule has 0 radical (unpaired) electrons. The van der Waals surface area contributed by atoms with Crippen molar-refractivity contribution in [1.29, 1.82) is 0 Å². The molecular weight excluding hydrogens is 328 g/mol. The smallest absolute Gasteiger partial charge is 0.257 e. The molecule has 1 aliphatic heterocycles. The zero-order valence-electron chi connectivity index (χ0n) is 15.5. The van der Waals surface area contributed by atoms with Gasteiger partial charge in [-0.3, -0.25) is 4.79 Å². The van der Waals surface area contributed by atoms with Crippen LogP contribution >= 0.6 is 0 Å². The first-order valence-corrected chi connectivity index (χ1v) is 8.82. The number of ether oxygens (including phenoxy) is 1. The largest absolute Gasteiger partial charge is 0.495 e. The van der Waals surface area contributed by atoms with Gasteiger partial charge in [-0.15, -0.1) is 0 Å². The Balaban J connectivity index is 1.86. The lowest BCUT2D eigenvalue weighted by molar-refractivity contribution is 0.0533. The van der Waals surface area contributed by atoms with Gasteiger partial charge >= 0.3 is 0 Å². The third-order valence-electron chi connectivity index (χ3n) is 5.00. The van der Waals surface area contributed by atoms with Gasteiger partial charge in [-0.1, -0.05) is 26.0 Å². The monoisotopic (exact) mass is 354 g/mol. The van der Waals surface area contributed by atoms with Gasteiger partial charge in [0.05, 0.1) is 18.4 Å². The summed E-state index contributed by atoms with van der Waals surface area (Å²) < 4.78 is 5.37. The molecule has 138 valence electrons. The minimum Gasteiger partial charge on any atom is -0.495 e. The standard InChI is InChI=1S/C20H26N4O2/c1-20(2)13-24(12-10-17(20)21)19(25)14-7-6-11-22-18(14)23-15-8-4-5-9-16(15)26-3/h4-9,11,17H,10,12-13,21H2,1-3H3,(H,22,23). The van der Waals surface area contributed by atoms with E-state index in [1.807, 2.05) is 29.2 Å². The molecule has 26 heavy (non-hydrogen) atoms. The van der Waals surface area contributed by atoms with Gasteiger partial charge in [-0.2, -0.15) is 0 Å². The quantitative estimate of drug-likeness (QED) is 0.882. The van der Waals surface area contributed by atoms with Crippen molar-refractivity contribution in [2.45, 2.75) is 26.3 Å². The van der Waals surface area contributed by atoms with Gasteiger partial charge in [0.25, 0.3) is 5.91 Å². The summed E-state index contributed by atoms with van der Waals surface area (Å²) in [6, 6.07) is 11.2. The molecule has 3 rings (SSSR count). The van der Waals surface area contributed by atoms with E-state index in [2.05, 4.69) is 24.1 Å². The third kappa shape index (κ3) is 3.65. The number of likely N-dealkylation sites (tertiary alicyclic amines) is 1. The number of hydrogen-bond acceptors (Lipinski definition) is 5. The van der Waals surface area contributed by atoms with Gasteiger partial charge in [0.15, 0.2) is 0 Å². The first kappa shape index (κ1) is 18.2. The molecule has 6 heteroatoms. The highest BCUT2D eigenvalue weighted by atomic mass is 16.5. The van der Waals surface area contributed by atoms with E-state index >= 15 is 0 Å². The van der Waals surface area contributed by atoms with Gasteiger partial charge in [-0.05, 0) is 36.1 Å². The molecule has 0 saturated carbocycles. The second-order valence-corrected chi connectivity index (χ2v) is 7.34. The molecule has 0 spiro atoms. The summed E-state index contributed by atoms with van der Waals surface area (Å²) >= 11 is 0. The maximum atomic E-state index is 13.1. The molecule has 1 fully saturated rings. The van der Waals surface area contributed by atoms with E-state index in [1.165, 1.54) is 0 Å². The first-order valence-electron chi connectivity index (χ1n) is 8.82. The zero-order chi connectivity index (χ0) is 18.7. The third-order valence-corrected chi connectivity index (χ3v) is 5.00. The Bertz CT molecular complexity index is 791. The van der Waals surface area contributed by atoms with Crippen LogP contribution in [0.5, 0.6) is 5.75 Å². The molecule has 1 aromatic heterocycles. The summed E-state index contributed by atoms with van der Waals surface area (Å²) in [5, 5.41) is 3.23. The number of anilines is 2. The number of nitrogens with one attached hydrogen (secondary N) is 1. The number of carbonyl (C=O) groups is 1. The van der Waals surface area contributed by atoms with E-state index in [0.29, 0.717) is 30.2 Å². The summed E-state index contributed by atoms with van der Waals surface area (Å²) in [4.78, 5) is 19.4. The average molecular weight is 354 g/mol. The van der Waals surface area contributed by atoms with Crippen molar-refractivity contribution in [2.75, 3.05) is 25.5 Å². The summed E-state index contributed by atoms with van der Waals surface area (Å²) in [7, 11) is 1.62. The van der Waals surface area contributed by atoms with Gasteiger partial charge < -0.3 is 20.7 Å². The fourth-order valence-corrected chi connectivity index (χ4v) is 3.27. The Kier molecular flexibility index (Phi) is 5.13. The van der Waals surface area contributed by atoms with E-state index in [-0.39, 0.29) is 17.4 Å². The molecule has 3 N–H and O–H groups in total. The van der Waals surface area contributed by atoms with Gasteiger partial charge in [0, 0.05) is 25.3 Å². The summed E-state index contributed by atoms with van der Waals surface area (Å²) in [6.07, 6.45) is 2.47. The number of rotatable bonds is 4. The van der Waals surface area contributed by atoms with Crippen LogP contribution in [-0.4, -0.2) is 42.0 Å². The molecule has 1 amide bonds. The van der Waals surface area contributed by atoms with E-state index < -0.39 is 0 Å². The molecule has 0 bridgehead atoms. The normalized spacial score (nSPS) is 19.1. The number of nitrogens with two attached hydrogens (primary N) is 1. The lowest BCUT2D eigenvalue weighted by atomic mass is 9.79. The number of nitrogens with zero attached hydrogens (tertiary/aromatic N) is 2. The first-order chi connectivity index (χ1) is 12.4. The number of methoxy groups -OCH3 is 1. The summed E-state index contributed by atoms with van der Waals surface area (Å²) in [5.74, 6) is 1.19. The fraction of sp³-hybridized carbons (Fsp3) is 0.400. The number of aromatic nitrogens is 1. The Morgan fingerprint density at radius 1 is 1.31 bits per heavy atom. The Hall–Kier alpha value is -2.60. The van der Waals surface area contributed by atoms with Crippen molar-refractivity contribution in [1.82, 2.24) is 9.88 Å². The molecular formula is C20H26N4O2. The molecule has 1 atom stereocenters. The van der Waals surface area contributed by atoms with Crippen LogP contribution in [0.2, 0.25) is 0 Å². The van der Waals surface area contributed by atoms with Gasteiger partial charge in [-0.25, -0.2) is 4.98 Å². The minimum absolute atomic E-state index is 0.0320. The topological polar surface area (TPSA) is 80.5 Å². The highest BCUT2D eigenvalue weighted by molar-refractivity contribution is 5.99. The average Bonchev–Trinajstić information content (AvgIpc) is 2.64. The number of amides is 1. The molecule has 2 heterocycles. The zero-order valence-corrected chi connectivity index (χ0v) is 15.5. The van der Waals surface area contributed by atoms with Crippen LogP contribution in [0, 0.1) is 5.41 Å². The van der Waals surface area contributed by atoms with Crippen molar-refractivity contribution in [3.8, 4) is 5.75 Å². The maximum absolute atomic E-state index is 13.1. The van der Waals surface area contributed by atoms with Gasteiger partial charge in [0.1, 0.15) is 11.6 Å². The minimum atomic E-state index is -0.105. The van der Waals surface area contributed by atoms with Crippen molar-refractivity contribution in [2.24, 2.45) is 11.1 Å². The van der Waals surface area contributed by atoms with Crippen LogP contribution in [-0.2, 0) is 0 Å². The Morgan fingerprint density at radius 3 is 2.81 bits per heavy atom. The van der Waals surface area contributed by atoms with Gasteiger partial charge in [0.2, 0.25) is 0 Å². The van der Waals surface area contributed by atoms with E-state index in [9.17, 15) is 4.79 Å².